The Bertz CT molecular complexity index is 143. The molecule has 0 saturated heterocycles. The molecule has 0 aromatic rings. The molecule has 0 radical (unpaired) electrons. The van der Waals surface area contributed by atoms with Crippen LogP contribution >= 0.6 is 0 Å². The van der Waals surface area contributed by atoms with Gasteiger partial charge in [-0.15, -0.1) is 6.58 Å². The lowest BCUT2D eigenvalue weighted by Crippen LogP contribution is -2.28. The fourth-order valence-electron chi connectivity index (χ4n) is 0.922. The van der Waals surface area contributed by atoms with Crippen LogP contribution in [0.25, 0.3) is 0 Å². The highest BCUT2D eigenvalue weighted by Crippen LogP contribution is 2.12. The third kappa shape index (κ3) is 4.56. The van der Waals surface area contributed by atoms with Crippen molar-refractivity contribution in [2.75, 3.05) is 0 Å². The van der Waals surface area contributed by atoms with E-state index in [-0.39, 0.29) is 18.4 Å². The first kappa shape index (κ1) is 10.2. The fourth-order valence-corrected chi connectivity index (χ4v) is 0.922. The summed E-state index contributed by atoms with van der Waals surface area (Å²) in [5, 5.41) is 8.47. The van der Waals surface area contributed by atoms with Gasteiger partial charge in [0.2, 0.25) is 0 Å². The Balaban J connectivity index is 3.88. The van der Waals surface area contributed by atoms with E-state index in [0.717, 1.165) is 0 Å². The van der Waals surface area contributed by atoms with Crippen LogP contribution in [0.5, 0.6) is 0 Å². The van der Waals surface area contributed by atoms with Crippen LogP contribution in [0.4, 0.5) is 0 Å². The van der Waals surface area contributed by atoms with E-state index in [2.05, 4.69) is 6.58 Å². The van der Waals surface area contributed by atoms with E-state index < -0.39 is 5.97 Å². The minimum atomic E-state index is -0.797. The van der Waals surface area contributed by atoms with E-state index in [4.69, 9.17) is 10.8 Å². The zero-order valence-electron chi connectivity index (χ0n) is 6.79. The highest BCUT2D eigenvalue weighted by Gasteiger charge is 2.15. The van der Waals surface area contributed by atoms with E-state index in [1.54, 1.807) is 6.08 Å². The smallest absolute Gasteiger partial charge is 0.303 e. The van der Waals surface area contributed by atoms with Gasteiger partial charge in [0.25, 0.3) is 0 Å². The van der Waals surface area contributed by atoms with Crippen LogP contribution in [0.3, 0.4) is 0 Å². The molecule has 3 heteroatoms. The van der Waals surface area contributed by atoms with Gasteiger partial charge in [0.1, 0.15) is 0 Å². The van der Waals surface area contributed by atoms with Crippen LogP contribution in [0.1, 0.15) is 19.8 Å². The van der Waals surface area contributed by atoms with Crippen LogP contribution in [-0.2, 0) is 4.79 Å². The normalized spacial score (nSPS) is 15.5. The van der Waals surface area contributed by atoms with Gasteiger partial charge in [0.05, 0.1) is 0 Å². The number of carbonyl (C=O) groups is 1. The molecular weight excluding hydrogens is 142 g/mol. The number of rotatable bonds is 5. The molecule has 0 heterocycles. The first-order valence-corrected chi connectivity index (χ1v) is 3.66. The van der Waals surface area contributed by atoms with Crippen molar-refractivity contribution in [3.63, 3.8) is 0 Å². The molecule has 0 aliphatic heterocycles. The third-order valence-electron chi connectivity index (χ3n) is 1.65. The molecule has 0 bridgehead atoms. The highest BCUT2D eigenvalue weighted by atomic mass is 16.4. The predicted octanol–water partition coefficient (Wildman–Crippen LogP) is 1.00. The average Bonchev–Trinajstić information content (AvgIpc) is 1.86. The molecule has 0 aliphatic carbocycles. The van der Waals surface area contributed by atoms with Crippen molar-refractivity contribution in [3.05, 3.63) is 12.7 Å². The Morgan fingerprint density at radius 2 is 2.36 bits per heavy atom. The van der Waals surface area contributed by atoms with Crippen molar-refractivity contribution in [1.29, 1.82) is 0 Å². The monoisotopic (exact) mass is 157 g/mol. The zero-order chi connectivity index (χ0) is 8.85. The Labute approximate surface area is 66.9 Å². The van der Waals surface area contributed by atoms with Gasteiger partial charge in [-0.05, 0) is 19.3 Å². The number of allylic oxidation sites excluding steroid dienone is 1. The molecule has 0 rings (SSSR count). The molecule has 0 amide bonds. The maximum absolute atomic E-state index is 10.3. The SMILES string of the molecule is C=CCC(CC(=O)O)C(C)N. The lowest BCUT2D eigenvalue weighted by molar-refractivity contribution is -0.138. The quantitative estimate of drug-likeness (QED) is 0.585. The van der Waals surface area contributed by atoms with E-state index in [1.807, 2.05) is 6.92 Å². The summed E-state index contributed by atoms with van der Waals surface area (Å²) >= 11 is 0. The van der Waals surface area contributed by atoms with E-state index >= 15 is 0 Å². The highest BCUT2D eigenvalue weighted by molar-refractivity contribution is 5.67. The zero-order valence-corrected chi connectivity index (χ0v) is 6.79. The number of carboxylic acid groups (broad SMARTS) is 1. The Kier molecular flexibility index (Phi) is 4.54. The summed E-state index contributed by atoms with van der Waals surface area (Å²) in [6.07, 6.45) is 2.50. The summed E-state index contributed by atoms with van der Waals surface area (Å²) in [4.78, 5) is 10.3. The predicted molar refractivity (Wildman–Crippen MR) is 44.2 cm³/mol. The van der Waals surface area contributed by atoms with E-state index in [1.165, 1.54) is 0 Å². The second-order valence-corrected chi connectivity index (χ2v) is 2.74. The molecule has 0 fully saturated rings. The molecule has 0 aromatic heterocycles. The molecule has 11 heavy (non-hydrogen) atoms. The number of hydrogen-bond acceptors (Lipinski definition) is 2. The minimum absolute atomic E-state index is 0.0185. The topological polar surface area (TPSA) is 63.3 Å². The maximum atomic E-state index is 10.3. The van der Waals surface area contributed by atoms with Gasteiger partial charge < -0.3 is 10.8 Å². The Morgan fingerprint density at radius 3 is 2.64 bits per heavy atom. The van der Waals surface area contributed by atoms with Crippen LogP contribution < -0.4 is 5.73 Å². The van der Waals surface area contributed by atoms with Crippen molar-refractivity contribution in [1.82, 2.24) is 0 Å². The number of nitrogens with two attached hydrogens (primary N) is 1. The molecular formula is C8H15NO2. The van der Waals surface area contributed by atoms with Crippen molar-refractivity contribution >= 4 is 5.97 Å². The van der Waals surface area contributed by atoms with Gasteiger partial charge >= 0.3 is 5.97 Å². The summed E-state index contributed by atoms with van der Waals surface area (Å²) in [6, 6.07) is -0.0795. The summed E-state index contributed by atoms with van der Waals surface area (Å²) in [5.41, 5.74) is 5.56. The van der Waals surface area contributed by atoms with Gasteiger partial charge in [-0.2, -0.15) is 0 Å². The molecule has 0 aromatic carbocycles. The molecule has 0 spiro atoms. The summed E-state index contributed by atoms with van der Waals surface area (Å²) in [5.74, 6) is -0.779. The lowest BCUT2D eigenvalue weighted by atomic mass is 9.95. The summed E-state index contributed by atoms with van der Waals surface area (Å²) < 4.78 is 0. The van der Waals surface area contributed by atoms with E-state index in [0.29, 0.717) is 6.42 Å². The van der Waals surface area contributed by atoms with Crippen LogP contribution in [0.2, 0.25) is 0 Å². The molecule has 3 N–H and O–H groups in total. The van der Waals surface area contributed by atoms with Gasteiger partial charge in [0.15, 0.2) is 0 Å². The fraction of sp³-hybridized carbons (Fsp3) is 0.625. The van der Waals surface area contributed by atoms with Crippen molar-refractivity contribution < 1.29 is 9.90 Å². The van der Waals surface area contributed by atoms with Gasteiger partial charge in [-0.3, -0.25) is 4.79 Å². The molecule has 2 atom stereocenters. The van der Waals surface area contributed by atoms with Crippen molar-refractivity contribution in [3.8, 4) is 0 Å². The van der Waals surface area contributed by atoms with Gasteiger partial charge in [-0.1, -0.05) is 6.08 Å². The van der Waals surface area contributed by atoms with E-state index in [9.17, 15) is 4.79 Å². The standard InChI is InChI=1S/C8H15NO2/c1-3-4-7(6(2)9)5-8(10)11/h3,6-7H,1,4-5,9H2,2H3,(H,10,11). The molecule has 64 valence electrons. The molecule has 3 nitrogen and oxygen atoms in total. The number of hydrogen-bond donors (Lipinski definition) is 2. The Morgan fingerprint density at radius 1 is 1.82 bits per heavy atom. The van der Waals surface area contributed by atoms with Crippen LogP contribution in [-0.4, -0.2) is 17.1 Å². The molecule has 2 unspecified atom stereocenters. The van der Waals surface area contributed by atoms with Crippen LogP contribution in [0.15, 0.2) is 12.7 Å². The first-order chi connectivity index (χ1) is 5.07. The van der Waals surface area contributed by atoms with Gasteiger partial charge in [0, 0.05) is 12.5 Å². The molecule has 0 aliphatic rings. The van der Waals surface area contributed by atoms with Crippen LogP contribution in [0, 0.1) is 5.92 Å². The second-order valence-electron chi connectivity index (χ2n) is 2.74. The Hall–Kier alpha value is -0.830. The summed E-state index contributed by atoms with van der Waals surface area (Å²) in [7, 11) is 0. The van der Waals surface area contributed by atoms with Crippen molar-refractivity contribution in [2.45, 2.75) is 25.8 Å². The third-order valence-corrected chi connectivity index (χ3v) is 1.65. The maximum Gasteiger partial charge on any atom is 0.303 e. The first-order valence-electron chi connectivity index (χ1n) is 3.66. The molecule has 0 saturated carbocycles. The van der Waals surface area contributed by atoms with Crippen molar-refractivity contribution in [2.24, 2.45) is 11.7 Å². The minimum Gasteiger partial charge on any atom is -0.481 e. The number of carboxylic acids is 1. The summed E-state index contributed by atoms with van der Waals surface area (Å²) in [6.45, 7) is 5.36. The average molecular weight is 157 g/mol. The largest absolute Gasteiger partial charge is 0.481 e. The second kappa shape index (κ2) is 4.91. The number of aliphatic carboxylic acids is 1. The van der Waals surface area contributed by atoms with Gasteiger partial charge in [-0.25, -0.2) is 0 Å². The lowest BCUT2D eigenvalue weighted by Gasteiger charge is -2.16.